The Kier molecular flexibility index (Phi) is 2.90. The number of carbonyl (C=O) groups is 1. The molecule has 0 unspecified atom stereocenters. The molecule has 1 N–H and O–H groups in total. The van der Waals surface area contributed by atoms with Crippen molar-refractivity contribution in [2.45, 2.75) is 0 Å². The second-order valence-electron chi connectivity index (χ2n) is 3.09. The molecule has 0 atom stereocenters. The molecular formula is C10H6BrClFNO2. The van der Waals surface area contributed by atoms with Crippen molar-refractivity contribution in [3.05, 3.63) is 33.1 Å². The van der Waals surface area contributed by atoms with E-state index in [9.17, 15) is 9.18 Å². The maximum absolute atomic E-state index is 13.9. The van der Waals surface area contributed by atoms with E-state index in [0.717, 1.165) is 0 Å². The Balaban J connectivity index is 2.79. The van der Waals surface area contributed by atoms with Crippen LogP contribution < -0.4 is 0 Å². The molecule has 2 aromatic rings. The first-order chi connectivity index (χ1) is 7.56. The zero-order valence-corrected chi connectivity index (χ0v) is 10.4. The van der Waals surface area contributed by atoms with E-state index in [1.54, 1.807) is 12.1 Å². The Labute approximate surface area is 104 Å². The smallest absolute Gasteiger partial charge is 0.357 e. The van der Waals surface area contributed by atoms with Crippen LogP contribution in [0.5, 0.6) is 0 Å². The van der Waals surface area contributed by atoms with E-state index >= 15 is 0 Å². The lowest BCUT2D eigenvalue weighted by Gasteiger charge is -1.96. The van der Waals surface area contributed by atoms with Crippen LogP contribution in [0.1, 0.15) is 10.5 Å². The average Bonchev–Trinajstić information content (AvgIpc) is 2.61. The van der Waals surface area contributed by atoms with E-state index in [1.807, 2.05) is 0 Å². The highest BCUT2D eigenvalue weighted by Crippen LogP contribution is 2.34. The van der Waals surface area contributed by atoms with Gasteiger partial charge in [0.25, 0.3) is 0 Å². The molecular weight excluding hydrogens is 300 g/mol. The molecule has 0 bridgehead atoms. The number of H-pyrrole nitrogens is 1. The minimum atomic E-state index is -0.753. The van der Waals surface area contributed by atoms with E-state index < -0.39 is 11.8 Å². The normalized spacial score (nSPS) is 10.8. The molecule has 3 nitrogen and oxygen atoms in total. The number of aromatic amines is 1. The molecule has 2 rings (SSSR count). The van der Waals surface area contributed by atoms with E-state index in [-0.39, 0.29) is 11.1 Å². The number of nitrogens with one attached hydrogen (secondary N) is 1. The predicted molar refractivity (Wildman–Crippen MR) is 62.3 cm³/mol. The summed E-state index contributed by atoms with van der Waals surface area (Å²) in [6.07, 6.45) is 0. The number of hydrogen-bond donors (Lipinski definition) is 1. The lowest BCUT2D eigenvalue weighted by molar-refractivity contribution is 0.0590. The van der Waals surface area contributed by atoms with Crippen LogP contribution in [-0.2, 0) is 4.74 Å². The number of hydrogen-bond acceptors (Lipinski definition) is 2. The fourth-order valence-corrected chi connectivity index (χ4v) is 2.10. The fraction of sp³-hybridized carbons (Fsp3) is 0.100. The van der Waals surface area contributed by atoms with E-state index in [2.05, 4.69) is 25.7 Å². The van der Waals surface area contributed by atoms with Crippen molar-refractivity contribution in [2.24, 2.45) is 0 Å². The number of esters is 1. The van der Waals surface area contributed by atoms with Gasteiger partial charge in [0.15, 0.2) is 11.5 Å². The number of fused-ring (bicyclic) bond motifs is 1. The van der Waals surface area contributed by atoms with Gasteiger partial charge in [-0.15, -0.1) is 0 Å². The van der Waals surface area contributed by atoms with Crippen LogP contribution in [0, 0.1) is 5.82 Å². The molecule has 84 valence electrons. The van der Waals surface area contributed by atoms with Crippen molar-refractivity contribution in [3.63, 3.8) is 0 Å². The van der Waals surface area contributed by atoms with Gasteiger partial charge in [0.2, 0.25) is 0 Å². The molecule has 16 heavy (non-hydrogen) atoms. The Morgan fingerprint density at radius 2 is 2.25 bits per heavy atom. The van der Waals surface area contributed by atoms with Crippen LogP contribution in [0.25, 0.3) is 10.9 Å². The first kappa shape index (κ1) is 11.4. The molecule has 1 heterocycles. The second kappa shape index (κ2) is 4.07. The summed E-state index contributed by atoms with van der Waals surface area (Å²) < 4.78 is 18.8. The van der Waals surface area contributed by atoms with E-state index in [0.29, 0.717) is 15.0 Å². The highest BCUT2D eigenvalue weighted by Gasteiger charge is 2.20. The predicted octanol–water partition coefficient (Wildman–Crippen LogP) is 3.51. The van der Waals surface area contributed by atoms with Crippen LogP contribution in [-0.4, -0.2) is 18.1 Å². The summed E-state index contributed by atoms with van der Waals surface area (Å²) in [6, 6.07) is 3.20. The van der Waals surface area contributed by atoms with Crippen molar-refractivity contribution in [2.75, 3.05) is 7.11 Å². The molecule has 0 saturated heterocycles. The van der Waals surface area contributed by atoms with Gasteiger partial charge < -0.3 is 9.72 Å². The van der Waals surface area contributed by atoms with Crippen LogP contribution in [0.3, 0.4) is 0 Å². The van der Waals surface area contributed by atoms with Crippen LogP contribution in [0.2, 0.25) is 5.02 Å². The highest BCUT2D eigenvalue weighted by atomic mass is 79.9. The van der Waals surface area contributed by atoms with Crippen molar-refractivity contribution in [1.29, 1.82) is 0 Å². The van der Waals surface area contributed by atoms with Gasteiger partial charge in [-0.25, -0.2) is 9.18 Å². The summed E-state index contributed by atoms with van der Waals surface area (Å²) in [4.78, 5) is 13.9. The number of aromatic nitrogens is 1. The number of ether oxygens (including phenoxy) is 1. The number of methoxy groups -OCH3 is 1. The van der Waals surface area contributed by atoms with Crippen molar-refractivity contribution < 1.29 is 13.9 Å². The molecule has 0 fully saturated rings. The van der Waals surface area contributed by atoms with Crippen LogP contribution in [0.4, 0.5) is 4.39 Å². The first-order valence-electron chi connectivity index (χ1n) is 4.29. The molecule has 1 aromatic carbocycles. The lowest BCUT2D eigenvalue weighted by Crippen LogP contribution is -2.03. The Morgan fingerprint density at radius 3 is 2.88 bits per heavy atom. The molecule has 1 aromatic heterocycles. The largest absolute Gasteiger partial charge is 0.464 e. The zero-order valence-electron chi connectivity index (χ0n) is 8.11. The van der Waals surface area contributed by atoms with Crippen molar-refractivity contribution in [1.82, 2.24) is 4.98 Å². The van der Waals surface area contributed by atoms with Gasteiger partial charge in [-0.05, 0) is 28.1 Å². The first-order valence-corrected chi connectivity index (χ1v) is 5.47. The summed E-state index contributed by atoms with van der Waals surface area (Å²) in [7, 11) is 1.19. The topological polar surface area (TPSA) is 42.1 Å². The third-order valence-corrected chi connectivity index (χ3v) is 3.55. The van der Waals surface area contributed by atoms with E-state index in [1.165, 1.54) is 7.11 Å². The number of benzene rings is 1. The zero-order chi connectivity index (χ0) is 11.9. The lowest BCUT2D eigenvalue weighted by atomic mass is 10.2. The Morgan fingerprint density at radius 1 is 1.56 bits per heavy atom. The number of rotatable bonds is 1. The molecule has 0 amide bonds. The van der Waals surface area contributed by atoms with Gasteiger partial charge in [-0.1, -0.05) is 11.6 Å². The summed E-state index contributed by atoms with van der Waals surface area (Å²) >= 11 is 9.01. The molecule has 0 aliphatic carbocycles. The third kappa shape index (κ3) is 1.60. The summed E-state index contributed by atoms with van der Waals surface area (Å²) in [5, 5.41) is 0.620. The third-order valence-electron chi connectivity index (χ3n) is 2.18. The van der Waals surface area contributed by atoms with Gasteiger partial charge >= 0.3 is 5.97 Å². The minimum absolute atomic E-state index is 0.208. The molecule has 0 spiro atoms. The average molecular weight is 307 g/mol. The van der Waals surface area contributed by atoms with Gasteiger partial charge in [0.05, 0.1) is 23.0 Å². The molecule has 0 saturated carbocycles. The summed E-state index contributed by atoms with van der Waals surface area (Å²) in [5.74, 6) is -1.42. The quantitative estimate of drug-likeness (QED) is 0.819. The maximum atomic E-state index is 13.9. The molecule has 0 aliphatic rings. The standard InChI is InChI=1S/C10H6BrClFNO2/c1-16-10(15)9-8(13)6-5(14-9)3-2-4(12)7(6)11/h2-3,14H,1H3. The molecule has 0 aliphatic heterocycles. The summed E-state index contributed by atoms with van der Waals surface area (Å²) in [6.45, 7) is 0. The van der Waals surface area contributed by atoms with Gasteiger partial charge in [0, 0.05) is 4.47 Å². The summed E-state index contributed by atoms with van der Waals surface area (Å²) in [5.41, 5.74) is 0.273. The van der Waals surface area contributed by atoms with Crippen molar-refractivity contribution in [3.8, 4) is 0 Å². The maximum Gasteiger partial charge on any atom is 0.357 e. The Hall–Kier alpha value is -1.07. The van der Waals surface area contributed by atoms with Gasteiger partial charge in [-0.2, -0.15) is 0 Å². The minimum Gasteiger partial charge on any atom is -0.464 e. The number of halogens is 3. The highest BCUT2D eigenvalue weighted by molar-refractivity contribution is 9.10. The van der Waals surface area contributed by atoms with Crippen LogP contribution >= 0.6 is 27.5 Å². The monoisotopic (exact) mass is 305 g/mol. The Bertz CT molecular complexity index is 582. The van der Waals surface area contributed by atoms with Crippen LogP contribution in [0.15, 0.2) is 16.6 Å². The van der Waals surface area contributed by atoms with Crippen molar-refractivity contribution >= 4 is 44.4 Å². The number of carbonyl (C=O) groups excluding carboxylic acids is 1. The van der Waals surface area contributed by atoms with Gasteiger partial charge in [-0.3, -0.25) is 0 Å². The van der Waals surface area contributed by atoms with E-state index in [4.69, 9.17) is 11.6 Å². The SMILES string of the molecule is COC(=O)c1[nH]c2ccc(Cl)c(Br)c2c1F. The molecule has 6 heteroatoms. The van der Waals surface area contributed by atoms with Gasteiger partial charge in [0.1, 0.15) is 0 Å². The fourth-order valence-electron chi connectivity index (χ4n) is 1.43. The second-order valence-corrected chi connectivity index (χ2v) is 4.29. The molecule has 0 radical (unpaired) electrons.